The van der Waals surface area contributed by atoms with E-state index in [1.165, 1.54) is 12.1 Å². The molecule has 2 rings (SSSR count). The van der Waals surface area contributed by atoms with Gasteiger partial charge >= 0.3 is 6.18 Å². The molecule has 0 aliphatic rings. The number of nitrogens with one attached hydrogen (secondary N) is 1. The molecule has 0 radical (unpaired) electrons. The number of anilines is 1. The van der Waals surface area contributed by atoms with Crippen molar-refractivity contribution in [2.45, 2.75) is 12.7 Å². The molecule has 19 heavy (non-hydrogen) atoms. The predicted molar refractivity (Wildman–Crippen MR) is 70.7 cm³/mol. The lowest BCUT2D eigenvalue weighted by molar-refractivity contribution is -0.137. The molecule has 0 amide bonds. The second-order valence-corrected chi connectivity index (χ2v) is 4.86. The molecule has 6 heteroatoms. The van der Waals surface area contributed by atoms with E-state index in [4.69, 9.17) is 0 Å². The molecule has 1 aromatic carbocycles. The van der Waals surface area contributed by atoms with E-state index in [0.717, 1.165) is 22.2 Å². The minimum absolute atomic E-state index is 0.498. The lowest BCUT2D eigenvalue weighted by Crippen LogP contribution is -2.05. The Morgan fingerprint density at radius 1 is 1.11 bits per heavy atom. The van der Waals surface area contributed by atoms with Crippen LogP contribution in [0.25, 0.3) is 0 Å². The van der Waals surface area contributed by atoms with Gasteiger partial charge in [0.15, 0.2) is 0 Å². The maximum atomic E-state index is 12.4. The summed E-state index contributed by atoms with van der Waals surface area (Å²) in [6.45, 7) is 0.498. The van der Waals surface area contributed by atoms with Crippen molar-refractivity contribution >= 4 is 21.6 Å². The van der Waals surface area contributed by atoms with Gasteiger partial charge < -0.3 is 5.32 Å². The first-order valence-electron chi connectivity index (χ1n) is 5.46. The van der Waals surface area contributed by atoms with E-state index in [2.05, 4.69) is 26.2 Å². The Hall–Kier alpha value is -1.56. The van der Waals surface area contributed by atoms with Crippen LogP contribution in [0.1, 0.15) is 11.1 Å². The molecule has 0 saturated carbocycles. The van der Waals surface area contributed by atoms with E-state index in [9.17, 15) is 13.2 Å². The van der Waals surface area contributed by atoms with Gasteiger partial charge in [-0.15, -0.1) is 0 Å². The molecule has 0 spiro atoms. The van der Waals surface area contributed by atoms with E-state index < -0.39 is 11.7 Å². The molecule has 0 atom stereocenters. The fourth-order valence-corrected chi connectivity index (χ4v) is 1.95. The Balaban J connectivity index is 2.01. The van der Waals surface area contributed by atoms with Gasteiger partial charge in [-0.2, -0.15) is 13.2 Å². The van der Waals surface area contributed by atoms with E-state index in [-0.39, 0.29) is 0 Å². The molecule has 0 fully saturated rings. The van der Waals surface area contributed by atoms with Gasteiger partial charge in [0.1, 0.15) is 0 Å². The maximum Gasteiger partial charge on any atom is 0.416 e. The lowest BCUT2D eigenvalue weighted by Gasteiger charge is -2.09. The second-order valence-electron chi connectivity index (χ2n) is 3.94. The third-order valence-corrected chi connectivity index (χ3v) is 2.90. The molecule has 100 valence electrons. The second kappa shape index (κ2) is 5.61. The van der Waals surface area contributed by atoms with E-state index in [1.807, 2.05) is 6.07 Å². The highest BCUT2D eigenvalue weighted by molar-refractivity contribution is 9.10. The quantitative estimate of drug-likeness (QED) is 0.897. The summed E-state index contributed by atoms with van der Waals surface area (Å²) in [5, 5.41) is 3.04. The van der Waals surface area contributed by atoms with Gasteiger partial charge in [-0.1, -0.05) is 0 Å². The topological polar surface area (TPSA) is 24.9 Å². The first kappa shape index (κ1) is 13.9. The minimum Gasteiger partial charge on any atom is -0.381 e. The number of hydrogen-bond acceptors (Lipinski definition) is 2. The zero-order chi connectivity index (χ0) is 13.9. The van der Waals surface area contributed by atoms with Crippen LogP contribution < -0.4 is 5.32 Å². The molecule has 0 saturated heterocycles. The first-order chi connectivity index (χ1) is 8.95. The van der Waals surface area contributed by atoms with Gasteiger partial charge in [0, 0.05) is 29.1 Å². The number of hydrogen-bond donors (Lipinski definition) is 1. The molecular formula is C13H10BrF3N2. The SMILES string of the molecule is FC(F)(F)c1ccc(NCc2cncc(Br)c2)cc1. The van der Waals surface area contributed by atoms with E-state index >= 15 is 0 Å². The van der Waals surface area contributed by atoms with Gasteiger partial charge in [-0.3, -0.25) is 4.98 Å². The summed E-state index contributed by atoms with van der Waals surface area (Å²) in [5.41, 5.74) is 0.921. The third-order valence-electron chi connectivity index (χ3n) is 2.47. The fraction of sp³-hybridized carbons (Fsp3) is 0.154. The zero-order valence-corrected chi connectivity index (χ0v) is 11.3. The summed E-state index contributed by atoms with van der Waals surface area (Å²) >= 11 is 3.30. The van der Waals surface area contributed by atoms with Crippen LogP contribution in [0.3, 0.4) is 0 Å². The minimum atomic E-state index is -4.30. The molecule has 0 unspecified atom stereocenters. The van der Waals surface area contributed by atoms with Gasteiger partial charge in [-0.25, -0.2) is 0 Å². The van der Waals surface area contributed by atoms with Crippen LogP contribution in [0, 0.1) is 0 Å². The van der Waals surface area contributed by atoms with Crippen molar-refractivity contribution in [1.82, 2.24) is 4.98 Å². The van der Waals surface area contributed by atoms with Crippen LogP contribution in [0.15, 0.2) is 47.2 Å². The lowest BCUT2D eigenvalue weighted by atomic mass is 10.2. The summed E-state index contributed by atoms with van der Waals surface area (Å²) < 4.78 is 38.0. The summed E-state index contributed by atoms with van der Waals surface area (Å²) in [6, 6.07) is 6.83. The Morgan fingerprint density at radius 3 is 2.37 bits per heavy atom. The summed E-state index contributed by atoms with van der Waals surface area (Å²) in [6.07, 6.45) is -0.934. The standard InChI is InChI=1S/C13H10BrF3N2/c14-11-5-9(6-18-8-11)7-19-12-3-1-10(2-4-12)13(15,16)17/h1-6,8,19H,7H2. The van der Waals surface area contributed by atoms with Crippen molar-refractivity contribution in [2.75, 3.05) is 5.32 Å². The van der Waals surface area contributed by atoms with Gasteiger partial charge in [-0.05, 0) is 51.8 Å². The molecule has 2 aromatic rings. The number of benzene rings is 1. The van der Waals surface area contributed by atoms with E-state index in [1.54, 1.807) is 12.4 Å². The number of pyridine rings is 1. The average Bonchev–Trinajstić information content (AvgIpc) is 2.36. The molecule has 1 heterocycles. The van der Waals surface area contributed by atoms with Crippen molar-refractivity contribution < 1.29 is 13.2 Å². The van der Waals surface area contributed by atoms with Gasteiger partial charge in [0.2, 0.25) is 0 Å². The molecule has 0 bridgehead atoms. The van der Waals surface area contributed by atoms with Crippen LogP contribution in [0.4, 0.5) is 18.9 Å². The predicted octanol–water partition coefficient (Wildman–Crippen LogP) is 4.48. The van der Waals surface area contributed by atoms with Crippen molar-refractivity contribution in [2.24, 2.45) is 0 Å². The van der Waals surface area contributed by atoms with Crippen LogP contribution >= 0.6 is 15.9 Å². The average molecular weight is 331 g/mol. The highest BCUT2D eigenvalue weighted by Crippen LogP contribution is 2.29. The van der Waals surface area contributed by atoms with Gasteiger partial charge in [0.05, 0.1) is 5.56 Å². The van der Waals surface area contributed by atoms with Crippen LogP contribution in [-0.4, -0.2) is 4.98 Å². The first-order valence-corrected chi connectivity index (χ1v) is 6.25. The molecular weight excluding hydrogens is 321 g/mol. The van der Waals surface area contributed by atoms with Crippen molar-refractivity contribution in [3.05, 3.63) is 58.3 Å². The Labute approximate surface area is 116 Å². The molecule has 0 aliphatic heterocycles. The number of aromatic nitrogens is 1. The monoisotopic (exact) mass is 330 g/mol. The Morgan fingerprint density at radius 2 is 1.79 bits per heavy atom. The molecule has 0 aliphatic carbocycles. The van der Waals surface area contributed by atoms with Crippen LogP contribution in [0.5, 0.6) is 0 Å². The van der Waals surface area contributed by atoms with Gasteiger partial charge in [0.25, 0.3) is 0 Å². The molecule has 1 N–H and O–H groups in total. The highest BCUT2D eigenvalue weighted by Gasteiger charge is 2.29. The number of nitrogens with zero attached hydrogens (tertiary/aromatic N) is 1. The highest BCUT2D eigenvalue weighted by atomic mass is 79.9. The van der Waals surface area contributed by atoms with Crippen LogP contribution in [0.2, 0.25) is 0 Å². The smallest absolute Gasteiger partial charge is 0.381 e. The largest absolute Gasteiger partial charge is 0.416 e. The summed E-state index contributed by atoms with van der Waals surface area (Å²) in [4.78, 5) is 4.01. The third kappa shape index (κ3) is 3.96. The number of alkyl halides is 3. The maximum absolute atomic E-state index is 12.4. The molecule has 2 nitrogen and oxygen atoms in total. The van der Waals surface area contributed by atoms with E-state index in [0.29, 0.717) is 12.2 Å². The Kier molecular flexibility index (Phi) is 4.09. The Bertz CT molecular complexity index is 553. The van der Waals surface area contributed by atoms with Crippen molar-refractivity contribution in [3.8, 4) is 0 Å². The van der Waals surface area contributed by atoms with Crippen LogP contribution in [-0.2, 0) is 12.7 Å². The normalized spacial score (nSPS) is 11.4. The molecule has 1 aromatic heterocycles. The zero-order valence-electron chi connectivity index (χ0n) is 9.71. The summed E-state index contributed by atoms with van der Waals surface area (Å²) in [5.74, 6) is 0. The fourth-order valence-electron chi connectivity index (χ4n) is 1.53. The van der Waals surface area contributed by atoms with Crippen molar-refractivity contribution in [1.29, 1.82) is 0 Å². The number of halogens is 4. The summed E-state index contributed by atoms with van der Waals surface area (Å²) in [7, 11) is 0. The number of rotatable bonds is 3. The van der Waals surface area contributed by atoms with Crippen molar-refractivity contribution in [3.63, 3.8) is 0 Å².